The molecule has 2 nitrogen and oxygen atoms in total. The molecule has 0 saturated heterocycles. The molecule has 1 rings (SSSR count). The predicted octanol–water partition coefficient (Wildman–Crippen LogP) is 2.28. The molecular weight excluding hydrogens is 185 g/mol. The molecule has 0 aliphatic heterocycles. The van der Waals surface area contributed by atoms with Crippen LogP contribution in [0, 0.1) is 0 Å². The number of alkyl halides is 3. The molecule has 0 amide bonds. The summed E-state index contributed by atoms with van der Waals surface area (Å²) >= 11 is 0. The lowest BCUT2D eigenvalue weighted by Gasteiger charge is -2.05. The van der Waals surface area contributed by atoms with Gasteiger partial charge in [0.2, 0.25) is 0 Å². The molecule has 0 heterocycles. The van der Waals surface area contributed by atoms with E-state index in [1.807, 2.05) is 0 Å². The first-order valence-corrected chi connectivity index (χ1v) is 3.30. The molecule has 1 aromatic carbocycles. The molecule has 0 aromatic heterocycles. The molecule has 0 spiro atoms. The van der Waals surface area contributed by atoms with Crippen LogP contribution in [0.3, 0.4) is 0 Å². The maximum atomic E-state index is 12.0. The summed E-state index contributed by atoms with van der Waals surface area (Å²) in [4.78, 5) is 10.2. The van der Waals surface area contributed by atoms with Crippen LogP contribution >= 0.6 is 0 Å². The Balaban J connectivity index is 3.13. The number of rotatable bonds is 1. The van der Waals surface area contributed by atoms with Gasteiger partial charge in [0, 0.05) is 0 Å². The van der Waals surface area contributed by atoms with Crippen molar-refractivity contribution in [3.05, 3.63) is 35.4 Å². The third-order valence-electron chi connectivity index (χ3n) is 1.43. The summed E-state index contributed by atoms with van der Waals surface area (Å²) in [6, 6.07) is 3.40. The lowest BCUT2D eigenvalue weighted by atomic mass is 10.1. The highest BCUT2D eigenvalue weighted by Gasteiger charge is 2.30. The summed E-state index contributed by atoms with van der Waals surface area (Å²) < 4.78 is 36.1. The molecule has 0 aliphatic rings. The van der Waals surface area contributed by atoms with E-state index in [9.17, 15) is 23.1 Å². The van der Waals surface area contributed by atoms with Crippen LogP contribution in [0.15, 0.2) is 24.3 Å². The molecule has 69 valence electrons. The van der Waals surface area contributed by atoms with Crippen LogP contribution in [0.5, 0.6) is 0 Å². The number of halogens is 3. The van der Waals surface area contributed by atoms with Crippen LogP contribution in [-0.4, -0.2) is 5.97 Å². The number of carbonyl (C=O) groups is 1. The minimum absolute atomic E-state index is 0.477. The normalized spacial score (nSPS) is 11.3. The molecular formula is C8H4F3O2. The summed E-state index contributed by atoms with van der Waals surface area (Å²) in [6.45, 7) is 0. The fourth-order valence-corrected chi connectivity index (χ4v) is 0.822. The van der Waals surface area contributed by atoms with E-state index in [2.05, 4.69) is 0 Å². The minimum Gasteiger partial charge on any atom is -0.242 e. The Hall–Kier alpha value is -1.52. The number of hydrogen-bond acceptors (Lipinski definition) is 1. The van der Waals surface area contributed by atoms with Gasteiger partial charge in [0.05, 0.1) is 11.1 Å². The van der Waals surface area contributed by atoms with Gasteiger partial charge in [-0.15, -0.1) is 0 Å². The molecule has 1 radical (unpaired) electrons. The smallest absolute Gasteiger partial charge is 0.242 e. The van der Waals surface area contributed by atoms with Gasteiger partial charge in [-0.1, -0.05) is 6.07 Å². The molecule has 0 saturated carbocycles. The highest BCUT2D eigenvalue weighted by atomic mass is 19.4. The molecule has 1 aromatic rings. The van der Waals surface area contributed by atoms with Gasteiger partial charge >= 0.3 is 12.1 Å². The van der Waals surface area contributed by atoms with Crippen molar-refractivity contribution in [2.75, 3.05) is 0 Å². The SMILES string of the molecule is [O]C(=O)c1cccc(C(F)(F)F)c1. The third-order valence-corrected chi connectivity index (χ3v) is 1.43. The maximum absolute atomic E-state index is 12.0. The van der Waals surface area contributed by atoms with E-state index < -0.39 is 23.3 Å². The van der Waals surface area contributed by atoms with Gasteiger partial charge in [0.25, 0.3) is 0 Å². The Morgan fingerprint density at radius 1 is 1.23 bits per heavy atom. The lowest BCUT2D eigenvalue weighted by Crippen LogP contribution is -2.06. The first kappa shape index (κ1) is 9.57. The Morgan fingerprint density at radius 2 is 1.85 bits per heavy atom. The molecule has 0 bridgehead atoms. The predicted molar refractivity (Wildman–Crippen MR) is 36.5 cm³/mol. The number of hydrogen-bond donors (Lipinski definition) is 0. The van der Waals surface area contributed by atoms with Gasteiger partial charge in [-0.25, -0.2) is 9.90 Å². The van der Waals surface area contributed by atoms with E-state index in [-0.39, 0.29) is 0 Å². The van der Waals surface area contributed by atoms with Crippen molar-refractivity contribution in [3.63, 3.8) is 0 Å². The second-order valence-corrected chi connectivity index (χ2v) is 2.37. The van der Waals surface area contributed by atoms with E-state index >= 15 is 0 Å². The van der Waals surface area contributed by atoms with Crippen molar-refractivity contribution in [1.82, 2.24) is 0 Å². The zero-order valence-electron chi connectivity index (χ0n) is 6.26. The van der Waals surface area contributed by atoms with Crippen LogP contribution in [0.4, 0.5) is 13.2 Å². The molecule has 0 fully saturated rings. The Labute approximate surface area is 71.6 Å². The van der Waals surface area contributed by atoms with Crippen LogP contribution in [-0.2, 0) is 11.3 Å². The average Bonchev–Trinajstić information content (AvgIpc) is 2.03. The quantitative estimate of drug-likeness (QED) is 0.667. The second-order valence-electron chi connectivity index (χ2n) is 2.37. The zero-order valence-corrected chi connectivity index (χ0v) is 6.26. The van der Waals surface area contributed by atoms with Gasteiger partial charge < -0.3 is 0 Å². The van der Waals surface area contributed by atoms with Crippen molar-refractivity contribution in [2.24, 2.45) is 0 Å². The van der Waals surface area contributed by atoms with Crippen molar-refractivity contribution >= 4 is 5.97 Å². The van der Waals surface area contributed by atoms with Gasteiger partial charge in [0.15, 0.2) is 0 Å². The van der Waals surface area contributed by atoms with E-state index in [4.69, 9.17) is 0 Å². The zero-order chi connectivity index (χ0) is 10.1. The average molecular weight is 189 g/mol. The van der Waals surface area contributed by atoms with Crippen molar-refractivity contribution in [2.45, 2.75) is 6.18 Å². The fraction of sp³-hybridized carbons (Fsp3) is 0.125. The van der Waals surface area contributed by atoms with E-state index in [0.717, 1.165) is 18.2 Å². The monoisotopic (exact) mass is 189 g/mol. The van der Waals surface area contributed by atoms with Gasteiger partial charge in [-0.3, -0.25) is 0 Å². The summed E-state index contributed by atoms with van der Waals surface area (Å²) in [6.07, 6.45) is -4.52. The van der Waals surface area contributed by atoms with Crippen LogP contribution < -0.4 is 0 Å². The standard InChI is InChI=1S/C8H4F3O2/c9-8(10,11)6-3-1-2-5(4-6)7(12)13/h1-4H. The number of carbonyl (C=O) groups excluding carboxylic acids is 1. The Kier molecular flexibility index (Phi) is 2.27. The lowest BCUT2D eigenvalue weighted by molar-refractivity contribution is -0.137. The Bertz CT molecular complexity index is 330. The summed E-state index contributed by atoms with van der Waals surface area (Å²) in [5.74, 6) is -1.62. The summed E-state index contributed by atoms with van der Waals surface area (Å²) in [5.41, 5.74) is -1.47. The molecule has 0 aliphatic carbocycles. The largest absolute Gasteiger partial charge is 0.416 e. The minimum atomic E-state index is -4.52. The van der Waals surface area contributed by atoms with E-state index in [0.29, 0.717) is 6.07 Å². The first-order valence-electron chi connectivity index (χ1n) is 3.30. The van der Waals surface area contributed by atoms with Crippen molar-refractivity contribution < 1.29 is 23.1 Å². The molecule has 0 N–H and O–H groups in total. The topological polar surface area (TPSA) is 37.0 Å². The molecule has 0 unspecified atom stereocenters. The first-order chi connectivity index (χ1) is 5.91. The Morgan fingerprint density at radius 3 is 2.31 bits per heavy atom. The van der Waals surface area contributed by atoms with Crippen molar-refractivity contribution in [3.8, 4) is 0 Å². The van der Waals surface area contributed by atoms with Gasteiger partial charge in [-0.2, -0.15) is 13.2 Å². The van der Waals surface area contributed by atoms with E-state index in [1.165, 1.54) is 0 Å². The maximum Gasteiger partial charge on any atom is 0.416 e. The third kappa shape index (κ3) is 2.21. The van der Waals surface area contributed by atoms with E-state index in [1.54, 1.807) is 0 Å². The number of benzene rings is 1. The second kappa shape index (κ2) is 3.08. The highest BCUT2D eigenvalue weighted by Crippen LogP contribution is 2.29. The van der Waals surface area contributed by atoms with Crippen LogP contribution in [0.25, 0.3) is 0 Å². The molecule has 13 heavy (non-hydrogen) atoms. The van der Waals surface area contributed by atoms with Crippen LogP contribution in [0.1, 0.15) is 15.9 Å². The van der Waals surface area contributed by atoms with Crippen LogP contribution in [0.2, 0.25) is 0 Å². The molecule has 0 atom stereocenters. The summed E-state index contributed by atoms with van der Waals surface area (Å²) in [7, 11) is 0. The van der Waals surface area contributed by atoms with Gasteiger partial charge in [-0.05, 0) is 18.2 Å². The fourth-order valence-electron chi connectivity index (χ4n) is 0.822. The molecule has 5 heteroatoms. The summed E-state index contributed by atoms with van der Waals surface area (Å²) in [5, 5.41) is 10.2. The van der Waals surface area contributed by atoms with Crippen molar-refractivity contribution in [1.29, 1.82) is 0 Å². The van der Waals surface area contributed by atoms with Gasteiger partial charge in [0.1, 0.15) is 0 Å². The highest BCUT2D eigenvalue weighted by molar-refractivity contribution is 5.87.